The summed E-state index contributed by atoms with van der Waals surface area (Å²) in [5.74, 6) is 6.28. The molecule has 10 heteroatoms. The molecule has 0 saturated heterocycles. The first kappa shape index (κ1) is 13.0. The Morgan fingerprint density at radius 3 is 2.84 bits per heavy atom. The maximum atomic E-state index is 5.33. The molecule has 0 aliphatic heterocycles. The zero-order valence-electron chi connectivity index (χ0n) is 10.3. The average molecular weight is 266 g/mol. The minimum absolute atomic E-state index is 0.195. The highest BCUT2D eigenvalue weighted by Gasteiger charge is 2.07. The summed E-state index contributed by atoms with van der Waals surface area (Å²) in [6.45, 7) is 2.81. The van der Waals surface area contributed by atoms with Gasteiger partial charge in [-0.25, -0.2) is 5.84 Å². The molecule has 0 unspecified atom stereocenters. The fourth-order valence-electron chi connectivity index (χ4n) is 1.19. The van der Waals surface area contributed by atoms with Crippen molar-refractivity contribution >= 4 is 11.9 Å². The van der Waals surface area contributed by atoms with Gasteiger partial charge in [-0.1, -0.05) is 12.1 Å². The zero-order chi connectivity index (χ0) is 13.5. The van der Waals surface area contributed by atoms with Crippen LogP contribution in [0, 0.1) is 0 Å². The number of hydrazine groups is 1. The highest BCUT2D eigenvalue weighted by molar-refractivity contribution is 5.34. The van der Waals surface area contributed by atoms with E-state index in [-0.39, 0.29) is 12.0 Å². The van der Waals surface area contributed by atoms with E-state index in [4.69, 9.17) is 10.6 Å². The maximum absolute atomic E-state index is 5.33. The number of nitrogens with two attached hydrogens (primary N) is 1. The van der Waals surface area contributed by atoms with Crippen LogP contribution >= 0.6 is 0 Å². The zero-order valence-corrected chi connectivity index (χ0v) is 10.3. The van der Waals surface area contributed by atoms with Crippen LogP contribution in [0.15, 0.2) is 10.9 Å². The predicted molar refractivity (Wildman–Crippen MR) is 65.0 cm³/mol. The molecule has 0 fully saturated rings. The van der Waals surface area contributed by atoms with Crippen LogP contribution < -0.4 is 21.3 Å². The van der Waals surface area contributed by atoms with Crippen molar-refractivity contribution in [2.45, 2.75) is 19.9 Å². The predicted octanol–water partition coefficient (Wildman–Crippen LogP) is -0.0589. The van der Waals surface area contributed by atoms with E-state index in [1.807, 2.05) is 6.92 Å². The maximum Gasteiger partial charge on any atom is 0.323 e. The Kier molecular flexibility index (Phi) is 4.39. The quantitative estimate of drug-likeness (QED) is 0.461. The smallest absolute Gasteiger partial charge is 0.323 e. The number of rotatable bonds is 7. The highest BCUT2D eigenvalue weighted by Crippen LogP contribution is 2.11. The summed E-state index contributed by atoms with van der Waals surface area (Å²) >= 11 is 0. The molecule has 0 bridgehead atoms. The van der Waals surface area contributed by atoms with Crippen molar-refractivity contribution in [3.05, 3.63) is 12.2 Å². The van der Waals surface area contributed by atoms with Crippen LogP contribution in [0.2, 0.25) is 0 Å². The van der Waals surface area contributed by atoms with Crippen molar-refractivity contribution in [1.29, 1.82) is 0 Å². The van der Waals surface area contributed by atoms with E-state index in [9.17, 15) is 0 Å². The third-order valence-corrected chi connectivity index (χ3v) is 1.99. The van der Waals surface area contributed by atoms with Gasteiger partial charge in [-0.05, 0) is 6.42 Å². The van der Waals surface area contributed by atoms with Gasteiger partial charge in [0.05, 0.1) is 13.2 Å². The van der Waals surface area contributed by atoms with Gasteiger partial charge in [-0.3, -0.25) is 5.43 Å². The van der Waals surface area contributed by atoms with Crippen LogP contribution in [-0.2, 0) is 6.54 Å². The minimum Gasteiger partial charge on any atom is -0.463 e. The average Bonchev–Trinajstić information content (AvgIpc) is 2.96. The molecule has 2 rings (SSSR count). The lowest BCUT2D eigenvalue weighted by atomic mass is 10.5. The van der Waals surface area contributed by atoms with Gasteiger partial charge in [0.25, 0.3) is 0 Å². The van der Waals surface area contributed by atoms with Crippen LogP contribution in [0.1, 0.15) is 19.2 Å². The molecule has 0 aliphatic rings. The summed E-state index contributed by atoms with van der Waals surface area (Å²) in [5, 5.41) is 6.57. The third-order valence-electron chi connectivity index (χ3n) is 1.99. The third kappa shape index (κ3) is 3.74. The lowest BCUT2D eigenvalue weighted by Crippen LogP contribution is -2.15. The van der Waals surface area contributed by atoms with E-state index in [2.05, 4.69) is 40.4 Å². The topological polar surface area (TPSA) is 137 Å². The lowest BCUT2D eigenvalue weighted by Gasteiger charge is -2.07. The van der Waals surface area contributed by atoms with Crippen molar-refractivity contribution in [3.8, 4) is 6.01 Å². The number of hydrogen-bond acceptors (Lipinski definition) is 10. The number of aromatic nitrogens is 5. The van der Waals surface area contributed by atoms with Crippen molar-refractivity contribution < 1.29 is 9.26 Å². The summed E-state index contributed by atoms with van der Waals surface area (Å²) < 4.78 is 9.94. The van der Waals surface area contributed by atoms with Crippen LogP contribution in [0.25, 0.3) is 0 Å². The van der Waals surface area contributed by atoms with E-state index >= 15 is 0 Å². The number of nitrogens with zero attached hydrogens (tertiary/aromatic N) is 5. The second kappa shape index (κ2) is 6.44. The lowest BCUT2D eigenvalue weighted by molar-refractivity contribution is 0.292. The number of nitrogen functional groups attached to an aromatic ring is 1. The van der Waals surface area contributed by atoms with Gasteiger partial charge in [0, 0.05) is 0 Å². The summed E-state index contributed by atoms with van der Waals surface area (Å²) in [4.78, 5) is 15.9. The normalized spacial score (nSPS) is 10.2. The first-order chi connectivity index (χ1) is 9.31. The Bertz CT molecular complexity index is 503. The second-order valence-electron chi connectivity index (χ2n) is 3.46. The van der Waals surface area contributed by atoms with Crippen LogP contribution in [-0.4, -0.2) is 31.7 Å². The Labute approximate surface area is 108 Å². The SMILES string of the molecule is CCCOc1nc(NN)nc(NCc2ncon2)n1. The van der Waals surface area contributed by atoms with Gasteiger partial charge in [0.15, 0.2) is 5.82 Å². The summed E-state index contributed by atoms with van der Waals surface area (Å²) in [7, 11) is 0. The van der Waals surface area contributed by atoms with E-state index in [1.165, 1.54) is 6.39 Å². The summed E-state index contributed by atoms with van der Waals surface area (Å²) in [6.07, 6.45) is 2.09. The monoisotopic (exact) mass is 266 g/mol. The number of nitrogens with one attached hydrogen (secondary N) is 2. The van der Waals surface area contributed by atoms with Crippen LogP contribution in [0.3, 0.4) is 0 Å². The molecule has 102 valence electrons. The van der Waals surface area contributed by atoms with Crippen molar-refractivity contribution in [2.75, 3.05) is 17.3 Å². The Morgan fingerprint density at radius 1 is 1.32 bits per heavy atom. The van der Waals surface area contributed by atoms with Crippen molar-refractivity contribution in [2.24, 2.45) is 5.84 Å². The number of anilines is 2. The van der Waals surface area contributed by atoms with Gasteiger partial charge >= 0.3 is 6.01 Å². The molecule has 19 heavy (non-hydrogen) atoms. The van der Waals surface area contributed by atoms with Gasteiger partial charge in [0.1, 0.15) is 0 Å². The fourth-order valence-corrected chi connectivity index (χ4v) is 1.19. The molecule has 0 atom stereocenters. The van der Waals surface area contributed by atoms with Gasteiger partial charge < -0.3 is 14.6 Å². The standard InChI is InChI=1S/C9H14N8O2/c1-2-3-18-9-14-7(13-8(15-9)16-10)11-4-6-12-5-19-17-6/h5H,2-4,10H2,1H3,(H2,11,13,14,15,16). The molecule has 0 aromatic carbocycles. The van der Waals surface area contributed by atoms with Gasteiger partial charge in [-0.15, -0.1) is 0 Å². The second-order valence-corrected chi connectivity index (χ2v) is 3.46. The van der Waals surface area contributed by atoms with Crippen molar-refractivity contribution in [1.82, 2.24) is 25.1 Å². The summed E-state index contributed by atoms with van der Waals surface area (Å²) in [6, 6.07) is 0.195. The molecule has 0 amide bonds. The van der Waals surface area contributed by atoms with Gasteiger partial charge in [0.2, 0.25) is 18.3 Å². The minimum atomic E-state index is 0.195. The number of ether oxygens (including phenoxy) is 1. The molecule has 2 aromatic heterocycles. The first-order valence-electron chi connectivity index (χ1n) is 5.66. The van der Waals surface area contributed by atoms with Crippen LogP contribution in [0.4, 0.5) is 11.9 Å². The molecular weight excluding hydrogens is 252 g/mol. The molecule has 0 radical (unpaired) electrons. The Morgan fingerprint density at radius 2 is 2.16 bits per heavy atom. The molecule has 2 aromatic rings. The molecule has 4 N–H and O–H groups in total. The first-order valence-corrected chi connectivity index (χ1v) is 5.66. The highest BCUT2D eigenvalue weighted by atomic mass is 16.5. The van der Waals surface area contributed by atoms with Crippen molar-refractivity contribution in [3.63, 3.8) is 0 Å². The Balaban J connectivity index is 2.05. The molecule has 2 heterocycles. The summed E-state index contributed by atoms with van der Waals surface area (Å²) in [5.41, 5.74) is 2.35. The molecule has 10 nitrogen and oxygen atoms in total. The van der Waals surface area contributed by atoms with E-state index in [0.717, 1.165) is 6.42 Å². The Hall–Kier alpha value is -2.49. The largest absolute Gasteiger partial charge is 0.463 e. The number of hydrogen-bond donors (Lipinski definition) is 3. The van der Waals surface area contributed by atoms with E-state index < -0.39 is 0 Å². The molecule has 0 aliphatic carbocycles. The van der Waals surface area contributed by atoms with Gasteiger partial charge in [-0.2, -0.15) is 19.9 Å². The fraction of sp³-hybridized carbons (Fsp3) is 0.444. The van der Waals surface area contributed by atoms with E-state index in [0.29, 0.717) is 24.9 Å². The molecule has 0 spiro atoms. The molecular formula is C9H14N8O2. The van der Waals surface area contributed by atoms with E-state index in [1.54, 1.807) is 0 Å². The van der Waals surface area contributed by atoms with Crippen LogP contribution in [0.5, 0.6) is 6.01 Å². The molecule has 0 saturated carbocycles.